The fourth-order valence-electron chi connectivity index (χ4n) is 5.45. The predicted octanol–water partition coefficient (Wildman–Crippen LogP) is 3.37. The quantitative estimate of drug-likeness (QED) is 0.528. The third-order valence-corrected chi connectivity index (χ3v) is 7.78. The SMILES string of the molecule is CN1CCCCCCOc2ccccc2C(=O)N[C@H](C(=O)NC2CCCC2)CC(=O)N[C@@H](Cc2ccccc2)C1=O. The molecule has 1 heterocycles. The van der Waals surface area contributed by atoms with E-state index in [4.69, 9.17) is 4.74 Å². The number of nitrogens with zero attached hydrogens (tertiary/aromatic N) is 1. The number of fused-ring (bicyclic) bond motifs is 1. The van der Waals surface area contributed by atoms with Crippen molar-refractivity contribution in [3.63, 3.8) is 0 Å². The minimum absolute atomic E-state index is 0.0205. The first-order chi connectivity index (χ1) is 19.9. The summed E-state index contributed by atoms with van der Waals surface area (Å²) in [5.41, 5.74) is 1.23. The summed E-state index contributed by atoms with van der Waals surface area (Å²) in [5.74, 6) is -1.12. The van der Waals surface area contributed by atoms with Crippen molar-refractivity contribution in [2.75, 3.05) is 20.2 Å². The minimum atomic E-state index is -1.11. The Hall–Kier alpha value is -3.88. The maximum absolute atomic E-state index is 13.5. The van der Waals surface area contributed by atoms with Crippen LogP contribution < -0.4 is 20.7 Å². The Balaban J connectivity index is 1.58. The van der Waals surface area contributed by atoms with Gasteiger partial charge in [0, 0.05) is 26.1 Å². The van der Waals surface area contributed by atoms with E-state index >= 15 is 0 Å². The zero-order valence-corrected chi connectivity index (χ0v) is 23.9. The standard InChI is InChI=1S/C32H42N4O5/c1-36-19-11-2-3-12-20-41-28-18-10-9-17-25(28)30(38)35-26(31(39)33-24-15-7-8-16-24)22-29(37)34-27(32(36)40)21-23-13-5-4-6-14-23/h4-6,9-10,13-14,17-18,24,26-27H,2-3,7-8,11-12,15-16,19-22H2,1H3,(H,33,39)(H,34,37)(H,35,38)/t26-,27-/m0/s1. The molecule has 0 aromatic heterocycles. The minimum Gasteiger partial charge on any atom is -0.493 e. The summed E-state index contributed by atoms with van der Waals surface area (Å²) in [6.45, 7) is 1.03. The fourth-order valence-corrected chi connectivity index (χ4v) is 5.45. The first-order valence-electron chi connectivity index (χ1n) is 14.8. The summed E-state index contributed by atoms with van der Waals surface area (Å²) >= 11 is 0. The molecule has 4 amide bonds. The highest BCUT2D eigenvalue weighted by molar-refractivity contribution is 6.01. The number of carbonyl (C=O) groups is 4. The molecule has 2 aliphatic rings. The van der Waals surface area contributed by atoms with Crippen molar-refractivity contribution in [2.24, 2.45) is 0 Å². The van der Waals surface area contributed by atoms with Crippen molar-refractivity contribution in [3.05, 3.63) is 65.7 Å². The van der Waals surface area contributed by atoms with Gasteiger partial charge in [0.2, 0.25) is 17.7 Å². The van der Waals surface area contributed by atoms with Gasteiger partial charge in [0.1, 0.15) is 17.8 Å². The molecular weight excluding hydrogens is 520 g/mol. The van der Waals surface area contributed by atoms with E-state index in [1.165, 1.54) is 0 Å². The van der Waals surface area contributed by atoms with Crippen LogP contribution in [0.4, 0.5) is 0 Å². The van der Waals surface area contributed by atoms with E-state index in [0.29, 0.717) is 30.9 Å². The molecule has 3 N–H and O–H groups in total. The lowest BCUT2D eigenvalue weighted by Gasteiger charge is -2.26. The number of amides is 4. The lowest BCUT2D eigenvalue weighted by atomic mass is 10.0. The van der Waals surface area contributed by atoms with E-state index in [1.54, 1.807) is 36.2 Å². The Kier molecular flexibility index (Phi) is 11.2. The van der Waals surface area contributed by atoms with Gasteiger partial charge in [-0.1, -0.05) is 68.1 Å². The predicted molar refractivity (Wildman–Crippen MR) is 156 cm³/mol. The van der Waals surface area contributed by atoms with Gasteiger partial charge >= 0.3 is 0 Å². The Morgan fingerprint density at radius 3 is 2.39 bits per heavy atom. The highest BCUT2D eigenvalue weighted by Gasteiger charge is 2.31. The van der Waals surface area contributed by atoms with Crippen LogP contribution in [0.1, 0.15) is 73.7 Å². The molecule has 1 aliphatic carbocycles. The summed E-state index contributed by atoms with van der Waals surface area (Å²) < 4.78 is 5.93. The smallest absolute Gasteiger partial charge is 0.255 e. The number of hydrogen-bond donors (Lipinski definition) is 3. The molecule has 220 valence electrons. The molecule has 4 rings (SSSR count). The Labute approximate surface area is 242 Å². The normalized spacial score (nSPS) is 22.0. The van der Waals surface area contributed by atoms with Gasteiger partial charge in [-0.05, 0) is 43.4 Å². The van der Waals surface area contributed by atoms with Crippen LogP contribution in [-0.2, 0) is 20.8 Å². The van der Waals surface area contributed by atoms with E-state index in [2.05, 4.69) is 16.0 Å². The average Bonchev–Trinajstić information content (AvgIpc) is 3.48. The van der Waals surface area contributed by atoms with Gasteiger partial charge in [-0.2, -0.15) is 0 Å². The van der Waals surface area contributed by atoms with E-state index < -0.39 is 29.8 Å². The Morgan fingerprint density at radius 2 is 1.61 bits per heavy atom. The van der Waals surface area contributed by atoms with Crippen LogP contribution >= 0.6 is 0 Å². The van der Waals surface area contributed by atoms with Gasteiger partial charge in [-0.3, -0.25) is 19.2 Å². The van der Waals surface area contributed by atoms with Crippen molar-refractivity contribution < 1.29 is 23.9 Å². The lowest BCUT2D eigenvalue weighted by Crippen LogP contribution is -2.53. The Bertz CT molecular complexity index is 1180. The van der Waals surface area contributed by atoms with Crippen molar-refractivity contribution >= 4 is 23.6 Å². The maximum Gasteiger partial charge on any atom is 0.255 e. The summed E-state index contributed by atoms with van der Waals surface area (Å²) in [5, 5.41) is 8.66. The number of ether oxygens (including phenoxy) is 1. The third-order valence-electron chi connectivity index (χ3n) is 7.78. The second kappa shape index (κ2) is 15.2. The van der Waals surface area contributed by atoms with E-state index in [0.717, 1.165) is 56.9 Å². The van der Waals surface area contributed by atoms with Gasteiger partial charge in [0.25, 0.3) is 5.91 Å². The maximum atomic E-state index is 13.5. The highest BCUT2D eigenvalue weighted by Crippen LogP contribution is 2.20. The lowest BCUT2D eigenvalue weighted by molar-refractivity contribution is -0.136. The second-order valence-corrected chi connectivity index (χ2v) is 11.0. The van der Waals surface area contributed by atoms with E-state index in [9.17, 15) is 19.2 Å². The molecule has 1 fully saturated rings. The number of carbonyl (C=O) groups excluding carboxylic acids is 4. The Morgan fingerprint density at radius 1 is 0.902 bits per heavy atom. The van der Waals surface area contributed by atoms with Crippen molar-refractivity contribution in [1.29, 1.82) is 0 Å². The van der Waals surface area contributed by atoms with Crippen molar-refractivity contribution in [2.45, 2.75) is 82.3 Å². The van der Waals surface area contributed by atoms with Crippen LogP contribution in [0.15, 0.2) is 54.6 Å². The van der Waals surface area contributed by atoms with E-state index in [-0.39, 0.29) is 18.4 Å². The summed E-state index contributed by atoms with van der Waals surface area (Å²) in [6, 6.07) is 14.6. The fraction of sp³-hybridized carbons (Fsp3) is 0.500. The summed E-state index contributed by atoms with van der Waals surface area (Å²) in [4.78, 5) is 55.3. The zero-order chi connectivity index (χ0) is 29.0. The number of para-hydroxylation sites is 1. The van der Waals surface area contributed by atoms with Crippen LogP contribution in [0.5, 0.6) is 5.75 Å². The van der Waals surface area contributed by atoms with Gasteiger partial charge < -0.3 is 25.6 Å². The number of nitrogens with one attached hydrogen (secondary N) is 3. The van der Waals surface area contributed by atoms with Crippen molar-refractivity contribution in [3.8, 4) is 5.75 Å². The van der Waals surface area contributed by atoms with Crippen LogP contribution in [0, 0.1) is 0 Å². The molecule has 9 nitrogen and oxygen atoms in total. The van der Waals surface area contributed by atoms with Crippen LogP contribution in [0.3, 0.4) is 0 Å². The molecule has 0 saturated heterocycles. The van der Waals surface area contributed by atoms with Gasteiger partial charge in [0.15, 0.2) is 0 Å². The van der Waals surface area contributed by atoms with Gasteiger partial charge in [-0.25, -0.2) is 0 Å². The monoisotopic (exact) mass is 562 g/mol. The topological polar surface area (TPSA) is 117 Å². The molecule has 1 aliphatic heterocycles. The second-order valence-electron chi connectivity index (χ2n) is 11.0. The van der Waals surface area contributed by atoms with Crippen LogP contribution in [0.25, 0.3) is 0 Å². The van der Waals surface area contributed by atoms with Gasteiger partial charge in [0.05, 0.1) is 18.6 Å². The zero-order valence-electron chi connectivity index (χ0n) is 23.9. The molecule has 41 heavy (non-hydrogen) atoms. The molecule has 9 heteroatoms. The molecule has 0 bridgehead atoms. The number of rotatable bonds is 4. The molecule has 0 spiro atoms. The van der Waals surface area contributed by atoms with Crippen LogP contribution in [0.2, 0.25) is 0 Å². The molecule has 1 saturated carbocycles. The molecule has 2 aromatic rings. The average molecular weight is 563 g/mol. The molecule has 2 aromatic carbocycles. The van der Waals surface area contributed by atoms with Gasteiger partial charge in [-0.15, -0.1) is 0 Å². The third kappa shape index (κ3) is 9.06. The largest absolute Gasteiger partial charge is 0.493 e. The number of benzene rings is 2. The summed E-state index contributed by atoms with van der Waals surface area (Å²) in [6.07, 6.45) is 7.32. The number of likely N-dealkylation sites (N-methyl/N-ethyl adjacent to an activating group) is 1. The van der Waals surface area contributed by atoms with Crippen molar-refractivity contribution in [1.82, 2.24) is 20.9 Å². The molecule has 2 atom stereocenters. The molecule has 0 radical (unpaired) electrons. The molecule has 0 unspecified atom stereocenters. The van der Waals surface area contributed by atoms with Crippen LogP contribution in [-0.4, -0.2) is 66.9 Å². The highest BCUT2D eigenvalue weighted by atomic mass is 16.5. The number of hydrogen-bond acceptors (Lipinski definition) is 5. The van der Waals surface area contributed by atoms with E-state index in [1.807, 2.05) is 30.3 Å². The first-order valence-corrected chi connectivity index (χ1v) is 14.8. The molecular formula is C32H42N4O5. The summed E-state index contributed by atoms with van der Waals surface area (Å²) in [7, 11) is 1.75. The first kappa shape index (κ1) is 30.1.